The van der Waals surface area contributed by atoms with Gasteiger partial charge in [0.1, 0.15) is 5.82 Å². The second-order valence-corrected chi connectivity index (χ2v) is 5.55. The molecule has 0 radical (unpaired) electrons. The van der Waals surface area contributed by atoms with Crippen LogP contribution in [0, 0.1) is 12.7 Å². The topological polar surface area (TPSA) is 51.0 Å². The molecule has 1 saturated heterocycles. The molecule has 1 fully saturated rings. The minimum atomic E-state index is -0.276. The summed E-state index contributed by atoms with van der Waals surface area (Å²) in [6.45, 7) is 4.96. The first kappa shape index (κ1) is 13.2. The minimum Gasteiger partial charge on any atom is -0.339 e. The Hall–Kier alpha value is -1.75. The van der Waals surface area contributed by atoms with Crippen LogP contribution >= 0.6 is 0 Å². The lowest BCUT2D eigenvalue weighted by atomic mass is 9.93. The third kappa shape index (κ3) is 2.72. The summed E-state index contributed by atoms with van der Waals surface area (Å²) in [6.07, 6.45) is 1.98. The van der Waals surface area contributed by atoms with Gasteiger partial charge in [0.2, 0.25) is 11.7 Å². The molecule has 2 aromatic rings. The number of rotatable bonds is 2. The van der Waals surface area contributed by atoms with Crippen LogP contribution in [-0.2, 0) is 0 Å². The zero-order chi connectivity index (χ0) is 14.1. The van der Waals surface area contributed by atoms with E-state index in [0.717, 1.165) is 24.9 Å². The summed E-state index contributed by atoms with van der Waals surface area (Å²) >= 11 is 0. The highest BCUT2D eigenvalue weighted by Crippen LogP contribution is 2.28. The van der Waals surface area contributed by atoms with Crippen molar-refractivity contribution in [3.8, 4) is 11.4 Å². The zero-order valence-corrected chi connectivity index (χ0v) is 11.7. The molecule has 5 heteroatoms. The summed E-state index contributed by atoms with van der Waals surface area (Å²) in [6, 6.07) is 5.24. The summed E-state index contributed by atoms with van der Waals surface area (Å²) in [5.74, 6) is 1.15. The number of aromatic nitrogens is 2. The average molecular weight is 275 g/mol. The van der Waals surface area contributed by atoms with Gasteiger partial charge in [-0.1, -0.05) is 5.16 Å². The normalized spacial score (nSPS) is 22.9. The van der Waals surface area contributed by atoms with Gasteiger partial charge in [-0.3, -0.25) is 0 Å². The number of hydrogen-bond acceptors (Lipinski definition) is 4. The van der Waals surface area contributed by atoms with Gasteiger partial charge in [-0.05, 0) is 57.0 Å². The molecule has 1 aromatic carbocycles. The van der Waals surface area contributed by atoms with E-state index >= 15 is 0 Å². The Morgan fingerprint density at radius 1 is 1.35 bits per heavy atom. The van der Waals surface area contributed by atoms with Crippen LogP contribution in [-0.4, -0.2) is 22.7 Å². The molecule has 106 valence electrons. The SMILES string of the molecule is Cc1cc(F)cc(-c2noc(C3CCNC(C)C3)n2)c1. The van der Waals surface area contributed by atoms with Crippen LogP contribution in [0.15, 0.2) is 22.7 Å². The smallest absolute Gasteiger partial charge is 0.230 e. The van der Waals surface area contributed by atoms with Gasteiger partial charge in [-0.25, -0.2) is 4.39 Å². The maximum Gasteiger partial charge on any atom is 0.230 e. The Morgan fingerprint density at radius 2 is 2.20 bits per heavy atom. The van der Waals surface area contributed by atoms with Crippen molar-refractivity contribution >= 4 is 0 Å². The third-order valence-electron chi connectivity index (χ3n) is 3.71. The Labute approximate surface area is 117 Å². The predicted molar refractivity (Wildman–Crippen MR) is 73.9 cm³/mol. The molecule has 0 bridgehead atoms. The fourth-order valence-electron chi connectivity index (χ4n) is 2.74. The Morgan fingerprint density at radius 3 is 2.95 bits per heavy atom. The van der Waals surface area contributed by atoms with Crippen molar-refractivity contribution in [1.29, 1.82) is 0 Å². The van der Waals surface area contributed by atoms with Gasteiger partial charge >= 0.3 is 0 Å². The summed E-state index contributed by atoms with van der Waals surface area (Å²) in [5, 5.41) is 7.39. The average Bonchev–Trinajstić information content (AvgIpc) is 2.87. The van der Waals surface area contributed by atoms with Crippen molar-refractivity contribution in [1.82, 2.24) is 15.5 Å². The highest BCUT2D eigenvalue weighted by Gasteiger charge is 2.25. The largest absolute Gasteiger partial charge is 0.339 e. The quantitative estimate of drug-likeness (QED) is 0.915. The van der Waals surface area contributed by atoms with Gasteiger partial charge < -0.3 is 9.84 Å². The van der Waals surface area contributed by atoms with Crippen LogP contribution in [0.25, 0.3) is 11.4 Å². The molecule has 1 aromatic heterocycles. The molecule has 2 atom stereocenters. The van der Waals surface area contributed by atoms with Gasteiger partial charge in [0, 0.05) is 17.5 Å². The van der Waals surface area contributed by atoms with E-state index in [-0.39, 0.29) is 5.82 Å². The van der Waals surface area contributed by atoms with Crippen LogP contribution in [0.4, 0.5) is 4.39 Å². The Kier molecular flexibility index (Phi) is 3.53. The lowest BCUT2D eigenvalue weighted by Gasteiger charge is -2.25. The molecule has 1 aliphatic heterocycles. The summed E-state index contributed by atoms with van der Waals surface area (Å²) in [5.41, 5.74) is 1.52. The van der Waals surface area contributed by atoms with Gasteiger partial charge in [-0.2, -0.15) is 4.98 Å². The molecule has 4 nitrogen and oxygen atoms in total. The summed E-state index contributed by atoms with van der Waals surface area (Å²) < 4.78 is 18.8. The molecule has 0 aliphatic carbocycles. The molecule has 3 rings (SSSR count). The van der Waals surface area contributed by atoms with Crippen molar-refractivity contribution < 1.29 is 8.91 Å². The van der Waals surface area contributed by atoms with E-state index in [1.54, 1.807) is 0 Å². The maximum absolute atomic E-state index is 13.4. The fourth-order valence-corrected chi connectivity index (χ4v) is 2.74. The molecule has 20 heavy (non-hydrogen) atoms. The van der Waals surface area contributed by atoms with Crippen molar-refractivity contribution in [2.75, 3.05) is 6.54 Å². The monoisotopic (exact) mass is 275 g/mol. The minimum absolute atomic E-state index is 0.276. The highest BCUT2D eigenvalue weighted by atomic mass is 19.1. The van der Waals surface area contributed by atoms with Gasteiger partial charge in [0.15, 0.2) is 0 Å². The van der Waals surface area contributed by atoms with Crippen LogP contribution in [0.3, 0.4) is 0 Å². The number of piperidine rings is 1. The van der Waals surface area contributed by atoms with Crippen LogP contribution in [0.2, 0.25) is 0 Å². The molecular formula is C15H18FN3O. The van der Waals surface area contributed by atoms with Gasteiger partial charge in [0.05, 0.1) is 0 Å². The van der Waals surface area contributed by atoms with Crippen molar-refractivity contribution in [2.24, 2.45) is 0 Å². The molecule has 2 unspecified atom stereocenters. The predicted octanol–water partition coefficient (Wildman–Crippen LogP) is 3.04. The summed E-state index contributed by atoms with van der Waals surface area (Å²) in [7, 11) is 0. The Balaban J connectivity index is 1.86. The number of benzene rings is 1. The first-order chi connectivity index (χ1) is 9.61. The van der Waals surface area contributed by atoms with E-state index in [1.165, 1.54) is 12.1 Å². The molecule has 1 N–H and O–H groups in total. The lowest BCUT2D eigenvalue weighted by Crippen LogP contribution is -2.34. The third-order valence-corrected chi connectivity index (χ3v) is 3.71. The van der Waals surface area contributed by atoms with Crippen molar-refractivity contribution in [3.05, 3.63) is 35.5 Å². The standard InChI is InChI=1S/C15H18FN3O/c1-9-5-12(8-13(16)6-9)14-18-15(20-19-14)11-3-4-17-10(2)7-11/h5-6,8,10-11,17H,3-4,7H2,1-2H3. The zero-order valence-electron chi connectivity index (χ0n) is 11.7. The van der Waals surface area contributed by atoms with Crippen LogP contribution in [0.1, 0.15) is 37.1 Å². The number of nitrogens with zero attached hydrogens (tertiary/aromatic N) is 2. The van der Waals surface area contributed by atoms with Crippen LogP contribution in [0.5, 0.6) is 0 Å². The van der Waals surface area contributed by atoms with E-state index in [0.29, 0.717) is 29.2 Å². The van der Waals surface area contributed by atoms with Crippen molar-refractivity contribution in [2.45, 2.75) is 38.6 Å². The summed E-state index contributed by atoms with van der Waals surface area (Å²) in [4.78, 5) is 4.45. The van der Waals surface area contributed by atoms with Crippen molar-refractivity contribution in [3.63, 3.8) is 0 Å². The molecule has 2 heterocycles. The van der Waals surface area contributed by atoms with E-state index in [4.69, 9.17) is 4.52 Å². The fraction of sp³-hybridized carbons (Fsp3) is 0.467. The molecule has 0 amide bonds. The van der Waals surface area contributed by atoms with E-state index in [1.807, 2.05) is 13.0 Å². The molecule has 0 saturated carbocycles. The van der Waals surface area contributed by atoms with Crippen LogP contribution < -0.4 is 5.32 Å². The van der Waals surface area contributed by atoms with E-state index in [2.05, 4.69) is 22.4 Å². The van der Waals surface area contributed by atoms with E-state index < -0.39 is 0 Å². The maximum atomic E-state index is 13.4. The number of aryl methyl sites for hydroxylation is 1. The number of halogens is 1. The Bertz CT molecular complexity index is 591. The molecule has 0 spiro atoms. The molecule has 1 aliphatic rings. The van der Waals surface area contributed by atoms with Gasteiger partial charge in [-0.15, -0.1) is 0 Å². The number of nitrogens with one attached hydrogen (secondary N) is 1. The number of hydrogen-bond donors (Lipinski definition) is 1. The first-order valence-electron chi connectivity index (χ1n) is 6.96. The molecular weight excluding hydrogens is 257 g/mol. The van der Waals surface area contributed by atoms with E-state index in [9.17, 15) is 4.39 Å². The highest BCUT2D eigenvalue weighted by molar-refractivity contribution is 5.55. The van der Waals surface area contributed by atoms with Gasteiger partial charge in [0.25, 0.3) is 0 Å². The lowest BCUT2D eigenvalue weighted by molar-refractivity contribution is 0.295. The second kappa shape index (κ2) is 5.32. The second-order valence-electron chi connectivity index (χ2n) is 5.55. The first-order valence-corrected chi connectivity index (χ1v) is 6.96.